The highest BCUT2D eigenvalue weighted by molar-refractivity contribution is 5.95. The van der Waals surface area contributed by atoms with Gasteiger partial charge in [0.2, 0.25) is 5.95 Å². The largest absolute Gasteiger partial charge is 0.336 e. The lowest BCUT2D eigenvalue weighted by Crippen LogP contribution is -2.46. The van der Waals surface area contributed by atoms with Crippen molar-refractivity contribution in [3.8, 4) is 0 Å². The first-order valence-corrected chi connectivity index (χ1v) is 9.78. The average molecular weight is 375 g/mol. The van der Waals surface area contributed by atoms with Crippen molar-refractivity contribution < 1.29 is 4.79 Å². The molecule has 0 aliphatic carbocycles. The molecule has 1 amide bonds. The summed E-state index contributed by atoms with van der Waals surface area (Å²) in [5.74, 6) is 0.656. The Hall–Kier alpha value is -2.99. The highest BCUT2D eigenvalue weighted by Crippen LogP contribution is 2.23. The van der Waals surface area contributed by atoms with E-state index in [1.54, 1.807) is 0 Å². The Morgan fingerprint density at radius 3 is 2.79 bits per heavy atom. The van der Waals surface area contributed by atoms with Crippen LogP contribution in [0.1, 0.15) is 28.4 Å². The minimum atomic E-state index is 0.0886. The van der Waals surface area contributed by atoms with Crippen LogP contribution < -0.4 is 10.6 Å². The Morgan fingerprint density at radius 1 is 1.21 bits per heavy atom. The van der Waals surface area contributed by atoms with E-state index in [1.807, 2.05) is 48.4 Å². The average Bonchev–Trinajstić information content (AvgIpc) is 2.74. The van der Waals surface area contributed by atoms with E-state index in [0.29, 0.717) is 5.95 Å². The van der Waals surface area contributed by atoms with Crippen molar-refractivity contribution in [1.29, 1.82) is 0 Å². The number of piperazine rings is 1. The normalized spacial score (nSPS) is 14.3. The summed E-state index contributed by atoms with van der Waals surface area (Å²) < 4.78 is 0. The summed E-state index contributed by atoms with van der Waals surface area (Å²) >= 11 is 0. The summed E-state index contributed by atoms with van der Waals surface area (Å²) in [4.78, 5) is 23.7. The summed E-state index contributed by atoms with van der Waals surface area (Å²) in [6.45, 7) is 7.33. The van der Waals surface area contributed by atoms with Crippen LogP contribution in [0.3, 0.4) is 0 Å². The molecule has 2 N–H and O–H groups in total. The molecule has 0 bridgehead atoms. The summed E-state index contributed by atoms with van der Waals surface area (Å²) in [6, 6.07) is 11.9. The summed E-state index contributed by atoms with van der Waals surface area (Å²) in [5, 5.41) is 7.62. The van der Waals surface area contributed by atoms with E-state index in [1.165, 1.54) is 5.56 Å². The first-order valence-electron chi connectivity index (χ1n) is 9.78. The maximum absolute atomic E-state index is 12.7. The quantitative estimate of drug-likeness (QED) is 0.732. The highest BCUT2D eigenvalue weighted by Gasteiger charge is 2.18. The molecule has 0 radical (unpaired) electrons. The van der Waals surface area contributed by atoms with Crippen LogP contribution >= 0.6 is 0 Å². The van der Waals surface area contributed by atoms with Crippen molar-refractivity contribution in [3.63, 3.8) is 0 Å². The zero-order valence-corrected chi connectivity index (χ0v) is 16.3. The number of nitrogens with zero attached hydrogens (tertiary/aromatic N) is 3. The summed E-state index contributed by atoms with van der Waals surface area (Å²) in [7, 11) is 0. The van der Waals surface area contributed by atoms with Crippen molar-refractivity contribution in [2.45, 2.75) is 20.3 Å². The van der Waals surface area contributed by atoms with Gasteiger partial charge < -0.3 is 15.5 Å². The van der Waals surface area contributed by atoms with Gasteiger partial charge in [-0.1, -0.05) is 25.1 Å². The molecule has 144 valence electrons. The second-order valence-corrected chi connectivity index (χ2v) is 7.10. The molecule has 2 heterocycles. The Bertz CT molecular complexity index is 1010. The standard InChI is InChI=1S/C22H25N5O/c1-3-16-5-4-6-18-14-24-22(26-20(16)18)25-19-8-7-17(13-15(19)2)21(28)27-11-9-23-10-12-27/h4-8,13-14,23H,3,9-12H2,1-2H3,(H,24,25,26). The number of carbonyl (C=O) groups excluding carboxylic acids is 1. The molecule has 0 unspecified atom stereocenters. The number of fused-ring (bicyclic) bond motifs is 1. The second kappa shape index (κ2) is 7.94. The number of aromatic nitrogens is 2. The van der Waals surface area contributed by atoms with E-state index >= 15 is 0 Å². The first-order chi connectivity index (χ1) is 13.7. The fraction of sp³-hybridized carbons (Fsp3) is 0.318. The molecule has 1 aliphatic rings. The van der Waals surface area contributed by atoms with Gasteiger partial charge in [-0.2, -0.15) is 0 Å². The van der Waals surface area contributed by atoms with Gasteiger partial charge in [0.15, 0.2) is 0 Å². The maximum Gasteiger partial charge on any atom is 0.253 e. The number of benzene rings is 2. The van der Waals surface area contributed by atoms with Crippen LogP contribution in [0.5, 0.6) is 0 Å². The van der Waals surface area contributed by atoms with E-state index in [0.717, 1.165) is 60.3 Å². The molecule has 0 atom stereocenters. The number of nitrogens with one attached hydrogen (secondary N) is 2. The van der Waals surface area contributed by atoms with E-state index in [2.05, 4.69) is 28.6 Å². The van der Waals surface area contributed by atoms with Gasteiger partial charge in [-0.3, -0.25) is 4.79 Å². The molecule has 0 spiro atoms. The second-order valence-electron chi connectivity index (χ2n) is 7.10. The van der Waals surface area contributed by atoms with Gasteiger partial charge in [0.05, 0.1) is 5.52 Å². The van der Waals surface area contributed by atoms with Crippen LogP contribution in [-0.4, -0.2) is 47.0 Å². The minimum absolute atomic E-state index is 0.0886. The monoisotopic (exact) mass is 375 g/mol. The zero-order valence-electron chi connectivity index (χ0n) is 16.3. The highest BCUT2D eigenvalue weighted by atomic mass is 16.2. The van der Waals surface area contributed by atoms with E-state index in [4.69, 9.17) is 4.98 Å². The maximum atomic E-state index is 12.7. The predicted molar refractivity (Wildman–Crippen MR) is 112 cm³/mol. The molecule has 1 saturated heterocycles. The zero-order chi connectivity index (χ0) is 19.5. The molecular weight excluding hydrogens is 350 g/mol. The topological polar surface area (TPSA) is 70.2 Å². The number of carbonyl (C=O) groups is 1. The van der Waals surface area contributed by atoms with Gasteiger partial charge in [0, 0.05) is 49.0 Å². The predicted octanol–water partition coefficient (Wildman–Crippen LogP) is 3.29. The molecule has 6 heteroatoms. The molecule has 3 aromatic rings. The van der Waals surface area contributed by atoms with Crippen molar-refractivity contribution in [2.24, 2.45) is 0 Å². The lowest BCUT2D eigenvalue weighted by Gasteiger charge is -2.27. The molecule has 0 saturated carbocycles. The third-order valence-corrected chi connectivity index (χ3v) is 5.20. The van der Waals surface area contributed by atoms with Crippen LogP contribution in [0.15, 0.2) is 42.6 Å². The Morgan fingerprint density at radius 2 is 2.04 bits per heavy atom. The third-order valence-electron chi connectivity index (χ3n) is 5.20. The van der Waals surface area contributed by atoms with Gasteiger partial charge >= 0.3 is 0 Å². The number of aryl methyl sites for hydroxylation is 2. The van der Waals surface area contributed by atoms with Crippen molar-refractivity contribution in [1.82, 2.24) is 20.2 Å². The van der Waals surface area contributed by atoms with Gasteiger partial charge in [0.25, 0.3) is 5.91 Å². The Labute approximate surface area is 165 Å². The van der Waals surface area contributed by atoms with Crippen LogP contribution in [0.25, 0.3) is 10.9 Å². The molecule has 1 fully saturated rings. The number of hydrogen-bond donors (Lipinski definition) is 2. The van der Waals surface area contributed by atoms with Crippen molar-refractivity contribution in [2.75, 3.05) is 31.5 Å². The molecular formula is C22H25N5O. The van der Waals surface area contributed by atoms with Crippen LogP contribution in [0.4, 0.5) is 11.6 Å². The van der Waals surface area contributed by atoms with Crippen LogP contribution in [0.2, 0.25) is 0 Å². The lowest BCUT2D eigenvalue weighted by molar-refractivity contribution is 0.0736. The van der Waals surface area contributed by atoms with Gasteiger partial charge in [0.1, 0.15) is 0 Å². The number of anilines is 2. The number of hydrogen-bond acceptors (Lipinski definition) is 5. The Balaban J connectivity index is 1.57. The van der Waals surface area contributed by atoms with Crippen LogP contribution in [0, 0.1) is 6.92 Å². The molecule has 4 rings (SSSR count). The molecule has 1 aromatic heterocycles. The summed E-state index contributed by atoms with van der Waals surface area (Å²) in [5.41, 5.74) is 4.80. The minimum Gasteiger partial charge on any atom is -0.336 e. The summed E-state index contributed by atoms with van der Waals surface area (Å²) in [6.07, 6.45) is 2.77. The van der Waals surface area contributed by atoms with Crippen molar-refractivity contribution in [3.05, 3.63) is 59.3 Å². The number of rotatable bonds is 4. The lowest BCUT2D eigenvalue weighted by atomic mass is 10.1. The molecule has 28 heavy (non-hydrogen) atoms. The Kier molecular flexibility index (Phi) is 5.21. The smallest absolute Gasteiger partial charge is 0.253 e. The number of para-hydroxylation sites is 1. The fourth-order valence-corrected chi connectivity index (χ4v) is 3.57. The molecule has 2 aromatic carbocycles. The number of amides is 1. The van der Waals surface area contributed by atoms with Gasteiger partial charge in [-0.25, -0.2) is 9.97 Å². The SMILES string of the molecule is CCc1cccc2cnc(Nc3ccc(C(=O)N4CCNCC4)cc3C)nc12. The fourth-order valence-electron chi connectivity index (χ4n) is 3.57. The third kappa shape index (κ3) is 3.68. The van der Waals surface area contributed by atoms with E-state index in [9.17, 15) is 4.79 Å². The van der Waals surface area contributed by atoms with E-state index < -0.39 is 0 Å². The van der Waals surface area contributed by atoms with E-state index in [-0.39, 0.29) is 5.91 Å². The van der Waals surface area contributed by atoms with Gasteiger partial charge in [-0.05, 0) is 42.7 Å². The van der Waals surface area contributed by atoms with Crippen LogP contribution in [-0.2, 0) is 6.42 Å². The van der Waals surface area contributed by atoms with Crippen molar-refractivity contribution >= 4 is 28.4 Å². The molecule has 6 nitrogen and oxygen atoms in total. The molecule has 1 aliphatic heterocycles. The first kappa shape index (κ1) is 18.4. The van der Waals surface area contributed by atoms with Gasteiger partial charge in [-0.15, -0.1) is 0 Å².